The lowest BCUT2D eigenvalue weighted by Crippen LogP contribution is -2.25. The summed E-state index contributed by atoms with van der Waals surface area (Å²) in [7, 11) is 0. The molecule has 1 aliphatic heterocycles. The smallest absolute Gasteiger partial charge is 0.239 e. The average molecular weight is 388 g/mol. The van der Waals surface area contributed by atoms with Crippen molar-refractivity contribution in [2.24, 2.45) is 10.2 Å². The summed E-state index contributed by atoms with van der Waals surface area (Å²) >= 11 is 7.23. The molecule has 5 nitrogen and oxygen atoms in total. The van der Waals surface area contributed by atoms with Crippen LogP contribution in [0.3, 0.4) is 0 Å². The van der Waals surface area contributed by atoms with Gasteiger partial charge >= 0.3 is 0 Å². The van der Waals surface area contributed by atoms with Crippen molar-refractivity contribution in [2.45, 2.75) is 18.6 Å². The maximum absolute atomic E-state index is 12.1. The predicted molar refractivity (Wildman–Crippen MR) is 107 cm³/mol. The molecular weight excluding hydrogens is 370 g/mol. The van der Waals surface area contributed by atoms with Gasteiger partial charge in [-0.1, -0.05) is 47.6 Å². The standard InChI is InChI=1S/C19H18ClN3O2S/c1-2-25-16-9-5-13(6-10-16)11-17-18(24)22-19(26-17)23-21-12-14-3-7-15(20)8-4-14/h3-10,12,17H,2,11H2,1H3,(H,22,23,24)/b21-12+. The van der Waals surface area contributed by atoms with Crippen LogP contribution in [0.25, 0.3) is 0 Å². The van der Waals surface area contributed by atoms with Crippen LogP contribution >= 0.6 is 23.4 Å². The molecule has 1 unspecified atom stereocenters. The Balaban J connectivity index is 1.58. The molecule has 134 valence electrons. The zero-order chi connectivity index (χ0) is 18.4. The van der Waals surface area contributed by atoms with Crippen LogP contribution in [-0.2, 0) is 11.2 Å². The van der Waals surface area contributed by atoms with Crippen molar-refractivity contribution < 1.29 is 9.53 Å². The molecule has 0 saturated carbocycles. The minimum atomic E-state index is -0.211. The molecule has 0 spiro atoms. The highest BCUT2D eigenvalue weighted by Gasteiger charge is 2.30. The fourth-order valence-corrected chi connectivity index (χ4v) is 3.48. The zero-order valence-electron chi connectivity index (χ0n) is 14.2. The molecule has 7 heteroatoms. The van der Waals surface area contributed by atoms with Crippen LogP contribution in [0, 0.1) is 0 Å². The van der Waals surface area contributed by atoms with E-state index in [9.17, 15) is 4.79 Å². The minimum absolute atomic E-state index is 0.0515. The molecule has 1 saturated heterocycles. The fraction of sp³-hybridized carbons (Fsp3) is 0.211. The molecule has 2 aromatic carbocycles. The lowest BCUT2D eigenvalue weighted by atomic mass is 10.1. The monoisotopic (exact) mass is 387 g/mol. The molecule has 1 fully saturated rings. The molecule has 0 bridgehead atoms. The minimum Gasteiger partial charge on any atom is -0.494 e. The highest BCUT2D eigenvalue weighted by atomic mass is 35.5. The number of nitrogens with one attached hydrogen (secondary N) is 1. The number of amides is 1. The van der Waals surface area contributed by atoms with Gasteiger partial charge < -0.3 is 10.1 Å². The van der Waals surface area contributed by atoms with Crippen LogP contribution in [0.2, 0.25) is 5.02 Å². The number of thioether (sulfide) groups is 1. The molecule has 1 heterocycles. The summed E-state index contributed by atoms with van der Waals surface area (Å²) in [5.41, 5.74) is 1.96. The lowest BCUT2D eigenvalue weighted by molar-refractivity contribution is -0.118. The van der Waals surface area contributed by atoms with E-state index in [0.717, 1.165) is 16.9 Å². The summed E-state index contributed by atoms with van der Waals surface area (Å²) < 4.78 is 5.43. The van der Waals surface area contributed by atoms with Gasteiger partial charge in [-0.05, 0) is 48.7 Å². The Labute approximate surface area is 161 Å². The van der Waals surface area contributed by atoms with E-state index in [-0.39, 0.29) is 11.2 Å². The zero-order valence-corrected chi connectivity index (χ0v) is 15.8. The molecule has 1 N–H and O–H groups in total. The number of carbonyl (C=O) groups excluding carboxylic acids is 1. The summed E-state index contributed by atoms with van der Waals surface area (Å²) in [5, 5.41) is 11.9. The highest BCUT2D eigenvalue weighted by Crippen LogP contribution is 2.24. The molecule has 1 aliphatic rings. The first-order chi connectivity index (χ1) is 12.6. The Hall–Kier alpha value is -2.31. The van der Waals surface area contributed by atoms with Crippen molar-refractivity contribution >= 4 is 40.7 Å². The van der Waals surface area contributed by atoms with E-state index in [1.807, 2.05) is 43.3 Å². The van der Waals surface area contributed by atoms with Gasteiger partial charge in [0.05, 0.1) is 18.1 Å². The number of ether oxygens (including phenoxy) is 1. The fourth-order valence-electron chi connectivity index (χ4n) is 2.39. The van der Waals surface area contributed by atoms with Crippen LogP contribution in [0.4, 0.5) is 0 Å². The van der Waals surface area contributed by atoms with Gasteiger partial charge in [0.25, 0.3) is 0 Å². The van der Waals surface area contributed by atoms with E-state index in [2.05, 4.69) is 15.5 Å². The average Bonchev–Trinajstić information content (AvgIpc) is 2.98. The summed E-state index contributed by atoms with van der Waals surface area (Å²) in [6, 6.07) is 15.1. The largest absolute Gasteiger partial charge is 0.494 e. The number of amidine groups is 1. The third kappa shape index (κ3) is 5.09. The van der Waals surface area contributed by atoms with Crippen molar-refractivity contribution in [1.82, 2.24) is 5.32 Å². The van der Waals surface area contributed by atoms with Crippen LogP contribution < -0.4 is 10.1 Å². The quantitative estimate of drug-likeness (QED) is 0.604. The lowest BCUT2D eigenvalue weighted by Gasteiger charge is -2.07. The number of nitrogens with zero attached hydrogens (tertiary/aromatic N) is 2. The number of halogens is 1. The van der Waals surface area contributed by atoms with Gasteiger partial charge in [0.1, 0.15) is 5.75 Å². The molecule has 1 atom stereocenters. The van der Waals surface area contributed by atoms with Gasteiger partial charge in [-0.3, -0.25) is 4.79 Å². The normalized spacial score (nSPS) is 18.5. The molecule has 26 heavy (non-hydrogen) atoms. The topological polar surface area (TPSA) is 63.1 Å². The van der Waals surface area contributed by atoms with Crippen molar-refractivity contribution in [1.29, 1.82) is 0 Å². The first kappa shape index (κ1) is 18.5. The van der Waals surface area contributed by atoms with E-state index in [1.54, 1.807) is 18.3 Å². The molecule has 3 rings (SSSR count). The Morgan fingerprint density at radius 3 is 2.62 bits per heavy atom. The molecule has 0 aromatic heterocycles. The third-order valence-electron chi connectivity index (χ3n) is 3.66. The maximum atomic E-state index is 12.1. The van der Waals surface area contributed by atoms with Gasteiger partial charge in [0.15, 0.2) is 5.17 Å². The van der Waals surface area contributed by atoms with Crippen LogP contribution in [0.15, 0.2) is 58.7 Å². The van der Waals surface area contributed by atoms with Crippen molar-refractivity contribution in [2.75, 3.05) is 6.61 Å². The third-order valence-corrected chi connectivity index (χ3v) is 4.98. The number of rotatable bonds is 6. The summed E-state index contributed by atoms with van der Waals surface area (Å²) in [4.78, 5) is 12.1. The summed E-state index contributed by atoms with van der Waals surface area (Å²) in [6.45, 7) is 2.58. The van der Waals surface area contributed by atoms with Gasteiger partial charge in [0.2, 0.25) is 5.91 Å². The van der Waals surface area contributed by atoms with E-state index in [1.165, 1.54) is 11.8 Å². The number of hydrogen-bond acceptors (Lipinski definition) is 5. The second-order valence-corrected chi connectivity index (χ2v) is 7.21. The Morgan fingerprint density at radius 2 is 1.92 bits per heavy atom. The number of carbonyl (C=O) groups is 1. The van der Waals surface area contributed by atoms with Crippen molar-refractivity contribution in [3.05, 3.63) is 64.7 Å². The van der Waals surface area contributed by atoms with Crippen LogP contribution in [0.1, 0.15) is 18.1 Å². The van der Waals surface area contributed by atoms with Crippen molar-refractivity contribution in [3.8, 4) is 5.75 Å². The second kappa shape index (κ2) is 8.87. The summed E-state index contributed by atoms with van der Waals surface area (Å²) in [5.74, 6) is 0.780. The van der Waals surface area contributed by atoms with E-state index in [0.29, 0.717) is 23.2 Å². The first-order valence-corrected chi connectivity index (χ1v) is 9.45. The van der Waals surface area contributed by atoms with E-state index >= 15 is 0 Å². The second-order valence-electron chi connectivity index (χ2n) is 5.58. The SMILES string of the molecule is CCOc1ccc(CC2S/C(=N/N=C/c3ccc(Cl)cc3)NC2=O)cc1. The predicted octanol–water partition coefficient (Wildman–Crippen LogP) is 3.90. The highest BCUT2D eigenvalue weighted by molar-refractivity contribution is 8.15. The molecule has 0 aliphatic carbocycles. The van der Waals surface area contributed by atoms with Gasteiger partial charge in [0, 0.05) is 5.02 Å². The molecule has 2 aromatic rings. The van der Waals surface area contributed by atoms with Crippen molar-refractivity contribution in [3.63, 3.8) is 0 Å². The Morgan fingerprint density at radius 1 is 1.19 bits per heavy atom. The number of benzene rings is 2. The van der Waals surface area contributed by atoms with Crippen LogP contribution in [-0.4, -0.2) is 29.1 Å². The van der Waals surface area contributed by atoms with Gasteiger partial charge in [-0.15, -0.1) is 5.10 Å². The van der Waals surface area contributed by atoms with Crippen LogP contribution in [0.5, 0.6) is 5.75 Å². The Kier molecular flexibility index (Phi) is 6.30. The summed E-state index contributed by atoms with van der Waals surface area (Å²) in [6.07, 6.45) is 2.25. The Bertz CT molecular complexity index is 820. The van der Waals surface area contributed by atoms with E-state index < -0.39 is 0 Å². The van der Waals surface area contributed by atoms with Gasteiger partial charge in [-0.2, -0.15) is 5.10 Å². The molecule has 0 radical (unpaired) electrons. The first-order valence-electron chi connectivity index (χ1n) is 8.20. The molecular formula is C19H18ClN3O2S. The maximum Gasteiger partial charge on any atom is 0.239 e. The van der Waals surface area contributed by atoms with E-state index in [4.69, 9.17) is 16.3 Å². The molecule has 1 amide bonds. The number of hydrogen-bond donors (Lipinski definition) is 1. The van der Waals surface area contributed by atoms with Gasteiger partial charge in [-0.25, -0.2) is 0 Å².